The molecule has 1 aliphatic rings. The number of benzene rings is 1. The van der Waals surface area contributed by atoms with Crippen molar-refractivity contribution in [3.63, 3.8) is 0 Å². The van der Waals surface area contributed by atoms with Crippen molar-refractivity contribution in [3.05, 3.63) is 73.0 Å². The number of ether oxygens (including phenoxy) is 1. The number of pyridine rings is 2. The smallest absolute Gasteiger partial charge is 0.152 e. The number of imidazole rings is 1. The van der Waals surface area contributed by atoms with Gasteiger partial charge >= 0.3 is 0 Å². The zero-order valence-corrected chi connectivity index (χ0v) is 19.5. The highest BCUT2D eigenvalue weighted by atomic mass is 16.5. The van der Waals surface area contributed by atoms with Crippen LogP contribution in [-0.2, 0) is 0 Å². The van der Waals surface area contributed by atoms with Crippen molar-refractivity contribution in [2.45, 2.75) is 12.8 Å². The zero-order chi connectivity index (χ0) is 23.8. The molecular weight excluding hydrogens is 438 g/mol. The van der Waals surface area contributed by atoms with Crippen molar-refractivity contribution in [1.29, 1.82) is 5.26 Å². The lowest BCUT2D eigenvalue weighted by atomic mass is 9.98. The number of rotatable bonds is 5. The number of hydrogen-bond donors (Lipinski definition) is 0. The highest BCUT2D eigenvalue weighted by Gasteiger charge is 2.21. The second-order valence-electron chi connectivity index (χ2n) is 9.22. The normalized spacial score (nSPS) is 16.5. The Kier molecular flexibility index (Phi) is 5.44. The summed E-state index contributed by atoms with van der Waals surface area (Å²) in [4.78, 5) is 11.4. The quantitative estimate of drug-likeness (QED) is 0.347. The molecular formula is C28H25N5O2. The Morgan fingerprint density at radius 1 is 1.14 bits per heavy atom. The van der Waals surface area contributed by atoms with Crippen molar-refractivity contribution < 1.29 is 9.15 Å². The molecule has 1 aromatic carbocycles. The molecule has 6 rings (SSSR count). The summed E-state index contributed by atoms with van der Waals surface area (Å²) in [6, 6.07) is 15.8. The van der Waals surface area contributed by atoms with Gasteiger partial charge in [0.25, 0.3) is 0 Å². The summed E-state index contributed by atoms with van der Waals surface area (Å²) in [6.07, 6.45) is 9.53. The maximum absolute atomic E-state index is 9.28. The van der Waals surface area contributed by atoms with Gasteiger partial charge < -0.3 is 14.1 Å². The van der Waals surface area contributed by atoms with Crippen LogP contribution in [0.4, 0.5) is 0 Å². The lowest BCUT2D eigenvalue weighted by molar-refractivity contribution is 0.151. The first-order chi connectivity index (χ1) is 17.2. The number of nitrogens with zero attached hydrogens (tertiary/aromatic N) is 5. The van der Waals surface area contributed by atoms with E-state index in [0.717, 1.165) is 57.8 Å². The number of piperidine rings is 1. The minimum absolute atomic E-state index is 0.500. The minimum atomic E-state index is 0.500. The third-order valence-electron chi connectivity index (χ3n) is 6.76. The predicted octanol–water partition coefficient (Wildman–Crippen LogP) is 5.40. The van der Waals surface area contributed by atoms with E-state index in [2.05, 4.69) is 38.5 Å². The lowest BCUT2D eigenvalue weighted by Gasteiger charge is -2.29. The van der Waals surface area contributed by atoms with Gasteiger partial charge in [-0.05, 0) is 56.3 Å². The number of aromatic nitrogens is 3. The van der Waals surface area contributed by atoms with Crippen LogP contribution in [0.2, 0.25) is 0 Å². The molecule has 5 aromatic rings. The van der Waals surface area contributed by atoms with Gasteiger partial charge in [-0.25, -0.2) is 4.98 Å². The summed E-state index contributed by atoms with van der Waals surface area (Å²) in [5.41, 5.74) is 6.88. The van der Waals surface area contributed by atoms with Crippen molar-refractivity contribution >= 4 is 16.6 Å². The Bertz CT molecular complexity index is 1540. The molecule has 0 N–H and O–H groups in total. The van der Waals surface area contributed by atoms with Crippen LogP contribution in [0.25, 0.3) is 39.0 Å². The summed E-state index contributed by atoms with van der Waals surface area (Å²) in [5.74, 6) is 1.30. The fourth-order valence-electron chi connectivity index (χ4n) is 5.01. The van der Waals surface area contributed by atoms with E-state index in [1.165, 1.54) is 12.8 Å². The molecule has 0 amide bonds. The molecule has 1 unspecified atom stereocenters. The Balaban J connectivity index is 1.49. The third kappa shape index (κ3) is 4.02. The highest BCUT2D eigenvalue weighted by molar-refractivity contribution is 5.88. The van der Waals surface area contributed by atoms with Crippen molar-refractivity contribution in [1.82, 2.24) is 19.3 Å². The Labute approximate surface area is 203 Å². The van der Waals surface area contributed by atoms with E-state index in [1.54, 1.807) is 6.26 Å². The number of fused-ring (bicyclic) bond motifs is 2. The van der Waals surface area contributed by atoms with E-state index >= 15 is 0 Å². The SMILES string of the molecule is CN1CCCC(COc2cc(-c3ccc(C#N)cc3)c(-c3cnc4ccoc4c3)n3cncc23)C1. The molecule has 0 spiro atoms. The van der Waals surface area contributed by atoms with Gasteiger partial charge in [-0.1, -0.05) is 12.1 Å². The summed E-state index contributed by atoms with van der Waals surface area (Å²) in [7, 11) is 2.17. The summed E-state index contributed by atoms with van der Waals surface area (Å²) in [6.45, 7) is 2.86. The molecule has 7 heteroatoms. The van der Waals surface area contributed by atoms with E-state index < -0.39 is 0 Å². The number of likely N-dealkylation sites (tertiary alicyclic amines) is 1. The van der Waals surface area contributed by atoms with Gasteiger partial charge in [0.05, 0.1) is 42.7 Å². The molecule has 0 radical (unpaired) electrons. The lowest BCUT2D eigenvalue weighted by Crippen LogP contribution is -2.34. The van der Waals surface area contributed by atoms with Crippen LogP contribution in [0.3, 0.4) is 0 Å². The fraction of sp³-hybridized carbons (Fsp3) is 0.250. The maximum Gasteiger partial charge on any atom is 0.152 e. The van der Waals surface area contributed by atoms with Gasteiger partial charge in [-0.3, -0.25) is 9.38 Å². The van der Waals surface area contributed by atoms with Gasteiger partial charge in [-0.2, -0.15) is 5.26 Å². The molecule has 1 fully saturated rings. The van der Waals surface area contributed by atoms with Gasteiger partial charge in [0.15, 0.2) is 5.58 Å². The number of nitriles is 1. The first kappa shape index (κ1) is 21.4. The molecule has 0 aliphatic carbocycles. The van der Waals surface area contributed by atoms with Crippen LogP contribution >= 0.6 is 0 Å². The largest absolute Gasteiger partial charge is 0.491 e. The monoisotopic (exact) mass is 463 g/mol. The predicted molar refractivity (Wildman–Crippen MR) is 134 cm³/mol. The van der Waals surface area contributed by atoms with Crippen LogP contribution in [0.15, 0.2) is 71.9 Å². The molecule has 7 nitrogen and oxygen atoms in total. The summed E-state index contributed by atoms with van der Waals surface area (Å²) < 4.78 is 14.1. The van der Waals surface area contributed by atoms with Crippen LogP contribution in [0.1, 0.15) is 18.4 Å². The molecule has 1 atom stereocenters. The molecule has 35 heavy (non-hydrogen) atoms. The van der Waals surface area contributed by atoms with E-state index in [-0.39, 0.29) is 0 Å². The standard InChI is InChI=1S/C28H25N5O2/c1-32-9-2-3-20(16-32)17-35-27-12-23(21-6-4-19(13-29)5-7-21)28(33-18-30-15-25(27)33)22-11-26-24(31-14-22)8-10-34-26/h4-8,10-12,14-15,18,20H,2-3,9,16-17H2,1H3. The maximum atomic E-state index is 9.28. The average molecular weight is 464 g/mol. The van der Waals surface area contributed by atoms with Gasteiger partial charge in [0, 0.05) is 35.9 Å². The minimum Gasteiger partial charge on any atom is -0.491 e. The molecule has 0 bridgehead atoms. The highest BCUT2D eigenvalue weighted by Crippen LogP contribution is 2.38. The van der Waals surface area contributed by atoms with Crippen LogP contribution < -0.4 is 4.74 Å². The average Bonchev–Trinajstić information content (AvgIpc) is 3.56. The van der Waals surface area contributed by atoms with Crippen molar-refractivity contribution in [2.75, 3.05) is 26.7 Å². The number of hydrogen-bond acceptors (Lipinski definition) is 6. The van der Waals surface area contributed by atoms with E-state index in [0.29, 0.717) is 18.1 Å². The topological polar surface area (TPSA) is 79.6 Å². The first-order valence-electron chi connectivity index (χ1n) is 11.8. The summed E-state index contributed by atoms with van der Waals surface area (Å²) in [5, 5.41) is 9.28. The second-order valence-corrected chi connectivity index (χ2v) is 9.22. The van der Waals surface area contributed by atoms with Crippen molar-refractivity contribution in [3.8, 4) is 34.2 Å². The first-order valence-corrected chi connectivity index (χ1v) is 11.8. The van der Waals surface area contributed by atoms with Crippen molar-refractivity contribution in [2.24, 2.45) is 5.92 Å². The number of furan rings is 1. The second kappa shape index (κ2) is 8.90. The van der Waals surface area contributed by atoms with Gasteiger partial charge in [-0.15, -0.1) is 0 Å². The van der Waals surface area contributed by atoms with E-state index in [4.69, 9.17) is 9.15 Å². The molecule has 1 saturated heterocycles. The molecule has 174 valence electrons. The fourth-order valence-corrected chi connectivity index (χ4v) is 5.01. The van der Waals surface area contributed by atoms with Crippen LogP contribution in [0, 0.1) is 17.2 Å². The molecule has 4 aromatic heterocycles. The summed E-state index contributed by atoms with van der Waals surface area (Å²) >= 11 is 0. The molecule has 5 heterocycles. The van der Waals surface area contributed by atoms with Crippen LogP contribution in [0.5, 0.6) is 5.75 Å². The van der Waals surface area contributed by atoms with E-state index in [1.807, 2.05) is 55.1 Å². The third-order valence-corrected chi connectivity index (χ3v) is 6.76. The van der Waals surface area contributed by atoms with Gasteiger partial charge in [0.2, 0.25) is 0 Å². The zero-order valence-electron chi connectivity index (χ0n) is 19.5. The Hall–Kier alpha value is -4.15. The van der Waals surface area contributed by atoms with E-state index in [9.17, 15) is 5.26 Å². The molecule has 0 saturated carbocycles. The Morgan fingerprint density at radius 2 is 2.03 bits per heavy atom. The Morgan fingerprint density at radius 3 is 2.86 bits per heavy atom. The molecule has 1 aliphatic heterocycles. The van der Waals surface area contributed by atoms with Crippen LogP contribution in [-0.4, -0.2) is 46.0 Å². The van der Waals surface area contributed by atoms with Gasteiger partial charge in [0.1, 0.15) is 16.8 Å².